The summed E-state index contributed by atoms with van der Waals surface area (Å²) in [4.78, 5) is 0. The smallest absolute Gasteiger partial charge is 0.161 e. The van der Waals surface area contributed by atoms with Crippen LogP contribution in [0.4, 0.5) is 0 Å². The van der Waals surface area contributed by atoms with Crippen molar-refractivity contribution in [1.82, 2.24) is 5.32 Å². The van der Waals surface area contributed by atoms with Crippen molar-refractivity contribution in [3.63, 3.8) is 0 Å². The standard InChI is InChI=1S/C15H23NO3/c1-4-14(16-11(2)3)15(17)9-18-12-7-5-6-8-13(12)19-10-15/h5-8,11,14,16-17H,4,9-10H2,1-3H3. The van der Waals surface area contributed by atoms with Crippen LogP contribution in [0.25, 0.3) is 0 Å². The molecule has 0 saturated heterocycles. The van der Waals surface area contributed by atoms with E-state index in [2.05, 4.69) is 26.1 Å². The van der Waals surface area contributed by atoms with Crippen molar-refractivity contribution in [3.8, 4) is 11.5 Å². The zero-order valence-electron chi connectivity index (χ0n) is 11.8. The van der Waals surface area contributed by atoms with Gasteiger partial charge in [-0.15, -0.1) is 0 Å². The first-order valence-electron chi connectivity index (χ1n) is 6.88. The highest BCUT2D eigenvalue weighted by Crippen LogP contribution is 2.32. The van der Waals surface area contributed by atoms with Gasteiger partial charge < -0.3 is 19.9 Å². The van der Waals surface area contributed by atoms with Gasteiger partial charge in [0.25, 0.3) is 0 Å². The first-order chi connectivity index (χ1) is 9.05. The van der Waals surface area contributed by atoms with Crippen molar-refractivity contribution in [2.75, 3.05) is 13.2 Å². The monoisotopic (exact) mass is 265 g/mol. The molecule has 1 aromatic rings. The molecule has 0 aliphatic carbocycles. The van der Waals surface area contributed by atoms with Crippen molar-refractivity contribution < 1.29 is 14.6 Å². The van der Waals surface area contributed by atoms with Crippen LogP contribution in [0.5, 0.6) is 11.5 Å². The van der Waals surface area contributed by atoms with E-state index in [1.807, 2.05) is 24.3 Å². The SMILES string of the molecule is CCC(NC(C)C)C1(O)COc2ccccc2OC1. The lowest BCUT2D eigenvalue weighted by Crippen LogP contribution is -2.58. The summed E-state index contributed by atoms with van der Waals surface area (Å²) >= 11 is 0. The van der Waals surface area contributed by atoms with Crippen molar-refractivity contribution in [2.45, 2.75) is 44.9 Å². The highest BCUT2D eigenvalue weighted by Gasteiger charge is 2.39. The number of fused-ring (bicyclic) bond motifs is 1. The zero-order valence-corrected chi connectivity index (χ0v) is 11.8. The molecule has 2 rings (SSSR count). The number of nitrogens with one attached hydrogen (secondary N) is 1. The Hall–Kier alpha value is -1.26. The summed E-state index contributed by atoms with van der Waals surface area (Å²) in [5, 5.41) is 14.2. The largest absolute Gasteiger partial charge is 0.486 e. The van der Waals surface area contributed by atoms with Crippen molar-refractivity contribution in [2.24, 2.45) is 0 Å². The highest BCUT2D eigenvalue weighted by molar-refractivity contribution is 5.40. The predicted octanol–water partition coefficient (Wildman–Crippen LogP) is 1.97. The second-order valence-corrected chi connectivity index (χ2v) is 5.41. The lowest BCUT2D eigenvalue weighted by atomic mass is 9.93. The van der Waals surface area contributed by atoms with Crippen LogP contribution in [0.1, 0.15) is 27.2 Å². The maximum Gasteiger partial charge on any atom is 0.161 e. The van der Waals surface area contributed by atoms with E-state index in [4.69, 9.17) is 9.47 Å². The molecule has 1 aliphatic heterocycles. The number of aliphatic hydroxyl groups is 1. The Kier molecular flexibility index (Phi) is 4.32. The maximum atomic E-state index is 10.8. The number of benzene rings is 1. The number of hydrogen-bond acceptors (Lipinski definition) is 4. The van der Waals surface area contributed by atoms with Crippen LogP contribution in [0.15, 0.2) is 24.3 Å². The van der Waals surface area contributed by atoms with Crippen LogP contribution >= 0.6 is 0 Å². The highest BCUT2D eigenvalue weighted by atomic mass is 16.6. The predicted molar refractivity (Wildman–Crippen MR) is 74.7 cm³/mol. The molecule has 1 aliphatic rings. The van der Waals surface area contributed by atoms with Gasteiger partial charge in [-0.2, -0.15) is 0 Å². The zero-order chi connectivity index (χ0) is 13.9. The van der Waals surface area contributed by atoms with Gasteiger partial charge in [0.1, 0.15) is 18.8 Å². The van der Waals surface area contributed by atoms with E-state index in [-0.39, 0.29) is 19.3 Å². The fourth-order valence-electron chi connectivity index (χ4n) is 2.39. The molecule has 0 saturated carbocycles. The Morgan fingerprint density at radius 1 is 1.21 bits per heavy atom. The van der Waals surface area contributed by atoms with E-state index in [0.717, 1.165) is 6.42 Å². The second kappa shape index (κ2) is 5.80. The molecule has 1 heterocycles. The van der Waals surface area contributed by atoms with E-state index in [1.165, 1.54) is 0 Å². The third-order valence-electron chi connectivity index (χ3n) is 3.40. The Balaban J connectivity index is 2.14. The van der Waals surface area contributed by atoms with Crippen molar-refractivity contribution in [1.29, 1.82) is 0 Å². The number of hydrogen-bond donors (Lipinski definition) is 2. The Bertz CT molecular complexity index is 393. The van der Waals surface area contributed by atoms with Crippen LogP contribution < -0.4 is 14.8 Å². The van der Waals surface area contributed by atoms with Crippen molar-refractivity contribution in [3.05, 3.63) is 24.3 Å². The molecule has 0 amide bonds. The average molecular weight is 265 g/mol. The maximum absolute atomic E-state index is 10.8. The van der Waals surface area contributed by atoms with Gasteiger partial charge in [-0.05, 0) is 18.6 Å². The Morgan fingerprint density at radius 3 is 2.16 bits per heavy atom. The summed E-state index contributed by atoms with van der Waals surface area (Å²) in [6.07, 6.45) is 0.817. The van der Waals surface area contributed by atoms with Crippen LogP contribution in [0.2, 0.25) is 0 Å². The Morgan fingerprint density at radius 2 is 1.74 bits per heavy atom. The van der Waals surface area contributed by atoms with E-state index < -0.39 is 5.60 Å². The molecular formula is C15H23NO3. The summed E-state index contributed by atoms with van der Waals surface area (Å²) in [5.74, 6) is 1.38. The van der Waals surface area contributed by atoms with Gasteiger partial charge >= 0.3 is 0 Å². The van der Waals surface area contributed by atoms with E-state index in [9.17, 15) is 5.11 Å². The molecule has 1 aromatic carbocycles. The van der Waals surface area contributed by atoms with Gasteiger partial charge in [0.15, 0.2) is 11.5 Å². The molecule has 0 bridgehead atoms. The summed E-state index contributed by atoms with van der Waals surface area (Å²) in [6, 6.07) is 7.77. The van der Waals surface area contributed by atoms with Gasteiger partial charge in [-0.1, -0.05) is 32.9 Å². The van der Waals surface area contributed by atoms with Gasteiger partial charge in [-0.3, -0.25) is 0 Å². The summed E-state index contributed by atoms with van der Waals surface area (Å²) in [5.41, 5.74) is -1.02. The third kappa shape index (κ3) is 3.19. The molecule has 0 radical (unpaired) electrons. The number of para-hydroxylation sites is 2. The molecule has 1 unspecified atom stereocenters. The van der Waals surface area contributed by atoms with E-state index in [1.54, 1.807) is 0 Å². The second-order valence-electron chi connectivity index (χ2n) is 5.41. The minimum atomic E-state index is -1.02. The van der Waals surface area contributed by atoms with Gasteiger partial charge in [0.05, 0.1) is 0 Å². The van der Waals surface area contributed by atoms with E-state index >= 15 is 0 Å². The summed E-state index contributed by atoms with van der Waals surface area (Å²) < 4.78 is 11.4. The average Bonchev–Trinajstić information content (AvgIpc) is 2.57. The molecule has 0 fully saturated rings. The number of ether oxygens (including phenoxy) is 2. The molecular weight excluding hydrogens is 242 g/mol. The van der Waals surface area contributed by atoms with Crippen molar-refractivity contribution >= 4 is 0 Å². The molecule has 19 heavy (non-hydrogen) atoms. The minimum absolute atomic E-state index is 0.0539. The van der Waals surface area contributed by atoms with Crippen LogP contribution in [-0.4, -0.2) is 36.0 Å². The molecule has 0 spiro atoms. The molecule has 0 aromatic heterocycles. The van der Waals surface area contributed by atoms with Gasteiger partial charge in [0, 0.05) is 12.1 Å². The lowest BCUT2D eigenvalue weighted by Gasteiger charge is -2.35. The fourth-order valence-corrected chi connectivity index (χ4v) is 2.39. The Labute approximate surface area is 114 Å². The normalized spacial score (nSPS) is 19.0. The first-order valence-corrected chi connectivity index (χ1v) is 6.88. The molecule has 106 valence electrons. The summed E-state index contributed by atoms with van der Waals surface area (Å²) in [7, 11) is 0. The quantitative estimate of drug-likeness (QED) is 0.874. The lowest BCUT2D eigenvalue weighted by molar-refractivity contribution is -0.0593. The molecule has 2 N–H and O–H groups in total. The first kappa shape index (κ1) is 14.2. The minimum Gasteiger partial charge on any atom is -0.486 e. The molecule has 1 atom stereocenters. The van der Waals surface area contributed by atoms with Gasteiger partial charge in [0.2, 0.25) is 0 Å². The van der Waals surface area contributed by atoms with Gasteiger partial charge in [-0.25, -0.2) is 0 Å². The molecule has 4 heteroatoms. The van der Waals surface area contributed by atoms with Crippen LogP contribution in [-0.2, 0) is 0 Å². The number of rotatable bonds is 4. The van der Waals surface area contributed by atoms with Crippen LogP contribution in [0.3, 0.4) is 0 Å². The van der Waals surface area contributed by atoms with Crippen LogP contribution in [0, 0.1) is 0 Å². The third-order valence-corrected chi connectivity index (χ3v) is 3.40. The fraction of sp³-hybridized carbons (Fsp3) is 0.600. The molecule has 4 nitrogen and oxygen atoms in total. The summed E-state index contributed by atoms with van der Waals surface area (Å²) in [6.45, 7) is 6.67. The van der Waals surface area contributed by atoms with E-state index in [0.29, 0.717) is 17.5 Å². The topological polar surface area (TPSA) is 50.7 Å².